The van der Waals surface area contributed by atoms with E-state index in [1.165, 1.54) is 18.2 Å². The Hall–Kier alpha value is -3.55. The van der Waals surface area contributed by atoms with E-state index in [1.807, 2.05) is 0 Å². The van der Waals surface area contributed by atoms with Crippen molar-refractivity contribution >= 4 is 11.6 Å². The summed E-state index contributed by atoms with van der Waals surface area (Å²) in [6.07, 6.45) is 3.37. The van der Waals surface area contributed by atoms with Gasteiger partial charge in [0, 0.05) is 31.1 Å². The van der Waals surface area contributed by atoms with Crippen molar-refractivity contribution in [2.45, 2.75) is 19.9 Å². The highest BCUT2D eigenvalue weighted by atomic mass is 19.1. The van der Waals surface area contributed by atoms with Crippen molar-refractivity contribution < 1.29 is 14.1 Å². The highest BCUT2D eigenvalue weighted by molar-refractivity contribution is 5.78. The average molecular weight is 368 g/mol. The van der Waals surface area contributed by atoms with E-state index in [1.54, 1.807) is 48.1 Å². The maximum Gasteiger partial charge on any atom is 0.269 e. The third kappa shape index (κ3) is 4.35. The lowest BCUT2D eigenvalue weighted by Crippen LogP contribution is -2.24. The molecule has 1 N–H and O–H groups in total. The molecule has 0 aliphatic heterocycles. The number of carbonyl (C=O) groups is 1. The molecule has 7 nitrogen and oxygen atoms in total. The molecule has 0 saturated carbocycles. The third-order valence-corrected chi connectivity index (χ3v) is 4.10. The van der Waals surface area contributed by atoms with Crippen molar-refractivity contribution in [3.63, 3.8) is 0 Å². The first-order chi connectivity index (χ1) is 12.9. The van der Waals surface area contributed by atoms with Crippen molar-refractivity contribution in [2.75, 3.05) is 0 Å². The van der Waals surface area contributed by atoms with Gasteiger partial charge in [-0.05, 0) is 30.2 Å². The molecule has 1 amide bonds. The van der Waals surface area contributed by atoms with Crippen LogP contribution in [0.25, 0.3) is 5.69 Å². The molecule has 138 valence electrons. The summed E-state index contributed by atoms with van der Waals surface area (Å²) in [7, 11) is 0. The molecule has 2 aromatic carbocycles. The number of rotatable bonds is 6. The van der Waals surface area contributed by atoms with E-state index in [0.717, 1.165) is 0 Å². The van der Waals surface area contributed by atoms with Crippen LogP contribution in [0.4, 0.5) is 10.1 Å². The molecule has 3 aromatic rings. The summed E-state index contributed by atoms with van der Waals surface area (Å²) in [5, 5.41) is 13.3. The maximum absolute atomic E-state index is 14.4. The van der Waals surface area contributed by atoms with E-state index in [0.29, 0.717) is 22.6 Å². The number of amides is 1. The Morgan fingerprint density at radius 1 is 1.22 bits per heavy atom. The molecule has 27 heavy (non-hydrogen) atoms. The largest absolute Gasteiger partial charge is 0.352 e. The molecule has 0 aliphatic carbocycles. The minimum absolute atomic E-state index is 0.0251. The fraction of sp³-hybridized carbons (Fsp3) is 0.158. The van der Waals surface area contributed by atoms with Crippen LogP contribution in [-0.4, -0.2) is 20.4 Å². The van der Waals surface area contributed by atoms with Gasteiger partial charge in [-0.15, -0.1) is 0 Å². The van der Waals surface area contributed by atoms with E-state index >= 15 is 0 Å². The number of carbonyl (C=O) groups excluding carboxylic acids is 1. The molecule has 1 heterocycles. The molecule has 3 rings (SSSR count). The van der Waals surface area contributed by atoms with Crippen LogP contribution in [0.2, 0.25) is 0 Å². The van der Waals surface area contributed by atoms with Crippen molar-refractivity contribution in [1.29, 1.82) is 0 Å². The van der Waals surface area contributed by atoms with Crippen molar-refractivity contribution in [3.8, 4) is 5.69 Å². The van der Waals surface area contributed by atoms with Crippen LogP contribution in [0.3, 0.4) is 0 Å². The first kappa shape index (κ1) is 18.2. The van der Waals surface area contributed by atoms with Gasteiger partial charge in [-0.1, -0.05) is 18.2 Å². The zero-order valence-corrected chi connectivity index (χ0v) is 14.6. The Kier molecular flexibility index (Phi) is 5.25. The summed E-state index contributed by atoms with van der Waals surface area (Å²) in [6.45, 7) is 1.97. The molecule has 0 bridgehead atoms. The molecule has 1 aromatic heterocycles. The summed E-state index contributed by atoms with van der Waals surface area (Å²) in [6, 6.07) is 10.6. The molecule has 0 spiro atoms. The topological polar surface area (TPSA) is 90.1 Å². The number of hydrogen-bond acceptors (Lipinski definition) is 4. The second-order valence-electron chi connectivity index (χ2n) is 6.01. The van der Waals surface area contributed by atoms with Gasteiger partial charge in [0.1, 0.15) is 11.6 Å². The maximum atomic E-state index is 14.4. The number of halogens is 1. The Bertz CT molecular complexity index is 983. The molecule has 8 heteroatoms. The second kappa shape index (κ2) is 7.77. The Morgan fingerprint density at radius 2 is 1.93 bits per heavy atom. The first-order valence-electron chi connectivity index (χ1n) is 8.23. The van der Waals surface area contributed by atoms with E-state index < -0.39 is 10.7 Å². The van der Waals surface area contributed by atoms with Crippen LogP contribution in [0.5, 0.6) is 0 Å². The highest BCUT2D eigenvalue weighted by Gasteiger charge is 2.10. The molecular weight excluding hydrogens is 351 g/mol. The quantitative estimate of drug-likeness (QED) is 0.535. The van der Waals surface area contributed by atoms with Crippen LogP contribution in [0.1, 0.15) is 17.0 Å². The molecule has 0 aliphatic rings. The number of nitro groups is 1. The fourth-order valence-electron chi connectivity index (χ4n) is 2.67. The zero-order valence-electron chi connectivity index (χ0n) is 14.6. The predicted molar refractivity (Wildman–Crippen MR) is 96.9 cm³/mol. The van der Waals surface area contributed by atoms with Crippen molar-refractivity contribution in [3.05, 3.63) is 87.7 Å². The number of imidazole rings is 1. The summed E-state index contributed by atoms with van der Waals surface area (Å²) >= 11 is 0. The summed E-state index contributed by atoms with van der Waals surface area (Å²) in [5.74, 6) is 0.0232. The molecule has 0 fully saturated rings. The van der Waals surface area contributed by atoms with Crippen LogP contribution in [-0.2, 0) is 17.8 Å². The minimum atomic E-state index is -0.493. The molecule has 0 unspecified atom stereocenters. The summed E-state index contributed by atoms with van der Waals surface area (Å²) in [5.41, 5.74) is 1.66. The van der Waals surface area contributed by atoms with Gasteiger partial charge >= 0.3 is 0 Å². The van der Waals surface area contributed by atoms with Gasteiger partial charge in [-0.3, -0.25) is 14.9 Å². The number of hydrogen-bond donors (Lipinski definition) is 1. The molecule has 0 radical (unpaired) electrons. The average Bonchev–Trinajstić information content (AvgIpc) is 3.06. The van der Waals surface area contributed by atoms with Crippen LogP contribution >= 0.6 is 0 Å². The lowest BCUT2D eigenvalue weighted by molar-refractivity contribution is -0.384. The molecule has 0 atom stereocenters. The Balaban J connectivity index is 1.59. The van der Waals surface area contributed by atoms with Gasteiger partial charge in [-0.25, -0.2) is 9.37 Å². The number of aryl methyl sites for hydroxylation is 1. The predicted octanol–water partition coefficient (Wildman–Crippen LogP) is 3.09. The van der Waals surface area contributed by atoms with Crippen LogP contribution < -0.4 is 5.32 Å². The minimum Gasteiger partial charge on any atom is -0.352 e. The van der Waals surface area contributed by atoms with E-state index in [9.17, 15) is 19.3 Å². The van der Waals surface area contributed by atoms with E-state index in [4.69, 9.17) is 0 Å². The lowest BCUT2D eigenvalue weighted by atomic mass is 10.1. The van der Waals surface area contributed by atoms with Gasteiger partial charge in [0.15, 0.2) is 0 Å². The Morgan fingerprint density at radius 3 is 2.52 bits per heavy atom. The van der Waals surface area contributed by atoms with Gasteiger partial charge in [0.05, 0.1) is 17.0 Å². The van der Waals surface area contributed by atoms with Gasteiger partial charge in [0.25, 0.3) is 5.69 Å². The SMILES string of the molecule is Cc1nccn1-c1ccc(CNC(=O)Cc2ccc([N+](=O)[O-])cc2)cc1F. The van der Waals surface area contributed by atoms with E-state index in [2.05, 4.69) is 10.3 Å². The number of benzene rings is 2. The van der Waals surface area contributed by atoms with Gasteiger partial charge < -0.3 is 9.88 Å². The summed E-state index contributed by atoms with van der Waals surface area (Å²) in [4.78, 5) is 26.2. The Labute approximate surface area is 154 Å². The molecular formula is C19H17FN4O3. The van der Waals surface area contributed by atoms with Gasteiger partial charge in [-0.2, -0.15) is 0 Å². The van der Waals surface area contributed by atoms with Crippen molar-refractivity contribution in [1.82, 2.24) is 14.9 Å². The first-order valence-corrected chi connectivity index (χ1v) is 8.23. The van der Waals surface area contributed by atoms with Gasteiger partial charge in [0.2, 0.25) is 5.91 Å². The molecule has 0 saturated heterocycles. The van der Waals surface area contributed by atoms with Crippen LogP contribution in [0.15, 0.2) is 54.9 Å². The fourth-order valence-corrected chi connectivity index (χ4v) is 2.67. The highest BCUT2D eigenvalue weighted by Crippen LogP contribution is 2.17. The summed E-state index contributed by atoms with van der Waals surface area (Å²) < 4.78 is 16.0. The monoisotopic (exact) mass is 368 g/mol. The zero-order chi connectivity index (χ0) is 19.4. The van der Waals surface area contributed by atoms with Crippen LogP contribution in [0, 0.1) is 22.9 Å². The standard InChI is InChI=1S/C19H17FN4O3/c1-13-21-8-9-23(13)18-7-4-15(10-17(18)20)12-22-19(25)11-14-2-5-16(6-3-14)24(26)27/h2-10H,11-12H2,1H3,(H,22,25). The number of nitrogens with zero attached hydrogens (tertiary/aromatic N) is 3. The number of nitrogens with one attached hydrogen (secondary N) is 1. The number of non-ortho nitro benzene ring substituents is 1. The van der Waals surface area contributed by atoms with E-state index in [-0.39, 0.29) is 24.6 Å². The third-order valence-electron chi connectivity index (χ3n) is 4.10. The number of nitro benzene ring substituents is 1. The number of aromatic nitrogens is 2. The normalized spacial score (nSPS) is 10.6. The second-order valence-corrected chi connectivity index (χ2v) is 6.01. The smallest absolute Gasteiger partial charge is 0.269 e. The van der Waals surface area contributed by atoms with Crippen molar-refractivity contribution in [2.24, 2.45) is 0 Å². The lowest BCUT2D eigenvalue weighted by Gasteiger charge is -2.10.